The number of aryl methyl sites for hydroxylation is 2. The van der Waals surface area contributed by atoms with Crippen molar-refractivity contribution in [2.24, 2.45) is 5.73 Å². The van der Waals surface area contributed by atoms with E-state index in [1.165, 1.54) is 16.8 Å². The molecule has 0 radical (unpaired) electrons. The minimum absolute atomic E-state index is 0.291. The molecule has 8 heteroatoms. The molecule has 0 bridgehead atoms. The Kier molecular flexibility index (Phi) is 6.10. The average molecular weight is 462 g/mol. The highest BCUT2D eigenvalue weighted by atomic mass is 16.5. The Morgan fingerprint density at radius 2 is 1.91 bits per heavy atom. The standard InChI is InChI=1S/C26H35N7O/c1-17-10-19(11-18(2)25(17)32-7-5-31(3)6-8-32)24(27)12-22-23(14-29-26(22)28)20-13-30-33(15-20)21-4-9-34-16-21/h10-15,21,29H,4-9,16,27-28H2,1-3H3/b24-12-. The smallest absolute Gasteiger partial charge is 0.108 e. The maximum Gasteiger partial charge on any atom is 0.108 e. The lowest BCUT2D eigenvalue weighted by Gasteiger charge is -2.36. The van der Waals surface area contributed by atoms with E-state index in [4.69, 9.17) is 16.2 Å². The molecule has 4 heterocycles. The van der Waals surface area contributed by atoms with Gasteiger partial charge >= 0.3 is 0 Å². The van der Waals surface area contributed by atoms with Crippen molar-refractivity contribution in [3.63, 3.8) is 0 Å². The molecule has 2 aromatic heterocycles. The van der Waals surface area contributed by atoms with Crippen molar-refractivity contribution in [1.29, 1.82) is 0 Å². The van der Waals surface area contributed by atoms with Gasteiger partial charge in [-0.3, -0.25) is 4.68 Å². The molecule has 0 aliphatic carbocycles. The van der Waals surface area contributed by atoms with Gasteiger partial charge in [0.05, 0.1) is 18.8 Å². The summed E-state index contributed by atoms with van der Waals surface area (Å²) in [6, 6.07) is 4.67. The van der Waals surface area contributed by atoms with Gasteiger partial charge in [0.15, 0.2) is 0 Å². The molecule has 1 unspecified atom stereocenters. The Morgan fingerprint density at radius 3 is 2.59 bits per heavy atom. The second kappa shape index (κ2) is 9.19. The van der Waals surface area contributed by atoms with E-state index < -0.39 is 0 Å². The van der Waals surface area contributed by atoms with Crippen molar-refractivity contribution in [2.75, 3.05) is 57.1 Å². The van der Waals surface area contributed by atoms with Gasteiger partial charge in [0.2, 0.25) is 0 Å². The summed E-state index contributed by atoms with van der Waals surface area (Å²) in [5, 5.41) is 4.57. The number of likely N-dealkylation sites (N-methyl/N-ethyl adjacent to an activating group) is 1. The zero-order valence-corrected chi connectivity index (χ0v) is 20.3. The topological polar surface area (TPSA) is 101 Å². The van der Waals surface area contributed by atoms with Gasteiger partial charge in [-0.25, -0.2) is 0 Å². The first-order chi connectivity index (χ1) is 16.4. The molecule has 2 aliphatic heterocycles. The molecule has 5 N–H and O–H groups in total. The normalized spacial score (nSPS) is 19.8. The summed E-state index contributed by atoms with van der Waals surface area (Å²) in [7, 11) is 2.18. The van der Waals surface area contributed by atoms with Crippen LogP contribution in [0.4, 0.5) is 11.5 Å². The maximum atomic E-state index is 6.63. The average Bonchev–Trinajstić information content (AvgIpc) is 3.56. The molecule has 2 fully saturated rings. The first-order valence-corrected chi connectivity index (χ1v) is 12.0. The largest absolute Gasteiger partial charge is 0.398 e. The number of anilines is 2. The molecule has 3 aromatic rings. The van der Waals surface area contributed by atoms with Gasteiger partial charge in [0.25, 0.3) is 0 Å². The number of benzene rings is 1. The predicted octanol–water partition coefficient (Wildman–Crippen LogP) is 3.25. The number of nitrogen functional groups attached to an aromatic ring is 1. The molecule has 2 aliphatic rings. The fraction of sp³-hybridized carbons (Fsp3) is 0.423. The molecular weight excluding hydrogens is 426 g/mol. The second-order valence-corrected chi connectivity index (χ2v) is 9.60. The molecule has 0 saturated carbocycles. The molecule has 0 amide bonds. The number of hydrogen-bond acceptors (Lipinski definition) is 6. The molecule has 2 saturated heterocycles. The number of aromatic nitrogens is 3. The van der Waals surface area contributed by atoms with Crippen molar-refractivity contribution in [2.45, 2.75) is 26.3 Å². The van der Waals surface area contributed by atoms with Gasteiger partial charge in [0, 0.05) is 73.3 Å². The first kappa shape index (κ1) is 22.6. The van der Waals surface area contributed by atoms with Crippen LogP contribution in [0.5, 0.6) is 0 Å². The Hall–Kier alpha value is -3.23. The second-order valence-electron chi connectivity index (χ2n) is 9.60. The lowest BCUT2D eigenvalue weighted by atomic mass is 9.99. The fourth-order valence-corrected chi connectivity index (χ4v) is 5.14. The van der Waals surface area contributed by atoms with E-state index in [-0.39, 0.29) is 0 Å². The quantitative estimate of drug-likeness (QED) is 0.539. The van der Waals surface area contributed by atoms with Gasteiger partial charge in [0.1, 0.15) is 5.82 Å². The Morgan fingerprint density at radius 1 is 1.18 bits per heavy atom. The lowest BCUT2D eigenvalue weighted by molar-refractivity contribution is 0.184. The summed E-state index contributed by atoms with van der Waals surface area (Å²) >= 11 is 0. The van der Waals surface area contributed by atoms with Crippen molar-refractivity contribution < 1.29 is 4.74 Å². The van der Waals surface area contributed by atoms with Crippen LogP contribution in [0.15, 0.2) is 30.7 Å². The van der Waals surface area contributed by atoms with E-state index in [0.717, 1.165) is 61.5 Å². The van der Waals surface area contributed by atoms with E-state index in [1.807, 2.05) is 23.2 Å². The number of piperazine rings is 1. The summed E-state index contributed by atoms with van der Waals surface area (Å²) in [6.45, 7) is 10.1. The Bertz CT molecular complexity index is 1170. The highest BCUT2D eigenvalue weighted by molar-refractivity contribution is 5.90. The molecule has 180 valence electrons. The van der Waals surface area contributed by atoms with Crippen LogP contribution in [0, 0.1) is 13.8 Å². The van der Waals surface area contributed by atoms with Gasteiger partial charge < -0.3 is 31.0 Å². The summed E-state index contributed by atoms with van der Waals surface area (Å²) < 4.78 is 7.50. The van der Waals surface area contributed by atoms with Crippen LogP contribution in [0.3, 0.4) is 0 Å². The molecule has 5 rings (SSSR count). The van der Waals surface area contributed by atoms with Gasteiger partial charge in [-0.15, -0.1) is 0 Å². The van der Waals surface area contributed by atoms with Gasteiger partial charge in [-0.05, 0) is 62.2 Å². The van der Waals surface area contributed by atoms with Crippen LogP contribution in [0.25, 0.3) is 22.9 Å². The molecule has 34 heavy (non-hydrogen) atoms. The third-order valence-electron chi connectivity index (χ3n) is 7.09. The molecule has 8 nitrogen and oxygen atoms in total. The summed E-state index contributed by atoms with van der Waals surface area (Å²) in [4.78, 5) is 8.02. The van der Waals surface area contributed by atoms with Crippen LogP contribution in [0.1, 0.15) is 34.7 Å². The number of nitrogens with two attached hydrogens (primary N) is 2. The van der Waals surface area contributed by atoms with Crippen LogP contribution in [-0.4, -0.2) is 66.1 Å². The fourth-order valence-electron chi connectivity index (χ4n) is 5.14. The number of aromatic amines is 1. The van der Waals surface area contributed by atoms with Gasteiger partial charge in [-0.2, -0.15) is 5.10 Å². The SMILES string of the molecule is Cc1cc(/C(N)=C/c2c(-c3cnn(C4CCOC4)c3)c[nH]c2N)cc(C)c1N1CCN(C)CC1. The minimum Gasteiger partial charge on any atom is -0.398 e. The van der Waals surface area contributed by atoms with Crippen molar-refractivity contribution in [1.82, 2.24) is 19.7 Å². The van der Waals surface area contributed by atoms with Crippen molar-refractivity contribution in [3.05, 3.63) is 53.0 Å². The molecule has 1 atom stereocenters. The molecule has 1 aromatic carbocycles. The van der Waals surface area contributed by atoms with Crippen LogP contribution in [-0.2, 0) is 4.74 Å². The maximum absolute atomic E-state index is 6.63. The van der Waals surface area contributed by atoms with E-state index in [9.17, 15) is 0 Å². The number of ether oxygens (including phenoxy) is 1. The monoisotopic (exact) mass is 461 g/mol. The number of rotatable bonds is 5. The van der Waals surface area contributed by atoms with Crippen LogP contribution >= 0.6 is 0 Å². The van der Waals surface area contributed by atoms with E-state index >= 15 is 0 Å². The number of nitrogens with zero attached hydrogens (tertiary/aromatic N) is 4. The number of hydrogen-bond donors (Lipinski definition) is 3. The molecule has 0 spiro atoms. The zero-order valence-electron chi connectivity index (χ0n) is 20.3. The van der Waals surface area contributed by atoms with Crippen LogP contribution in [0.2, 0.25) is 0 Å². The van der Waals surface area contributed by atoms with Crippen molar-refractivity contribution >= 4 is 23.3 Å². The Labute approximate surface area is 201 Å². The van der Waals surface area contributed by atoms with E-state index in [0.29, 0.717) is 24.2 Å². The first-order valence-electron chi connectivity index (χ1n) is 12.0. The lowest BCUT2D eigenvalue weighted by Crippen LogP contribution is -2.45. The summed E-state index contributed by atoms with van der Waals surface area (Å²) in [5.41, 5.74) is 21.4. The van der Waals surface area contributed by atoms with Crippen molar-refractivity contribution in [3.8, 4) is 11.1 Å². The van der Waals surface area contributed by atoms with Gasteiger partial charge in [-0.1, -0.05) is 0 Å². The number of nitrogens with one attached hydrogen (secondary N) is 1. The minimum atomic E-state index is 0.291. The third kappa shape index (κ3) is 4.31. The summed E-state index contributed by atoms with van der Waals surface area (Å²) in [6.07, 6.45) is 8.83. The third-order valence-corrected chi connectivity index (χ3v) is 7.09. The van der Waals surface area contributed by atoms with E-state index in [1.54, 1.807) is 0 Å². The van der Waals surface area contributed by atoms with E-state index in [2.05, 4.69) is 59.1 Å². The molecular formula is C26H35N7O. The highest BCUT2D eigenvalue weighted by Gasteiger charge is 2.21. The predicted molar refractivity (Wildman–Crippen MR) is 139 cm³/mol. The zero-order chi connectivity index (χ0) is 23.8. The number of H-pyrrole nitrogens is 1. The highest BCUT2D eigenvalue weighted by Crippen LogP contribution is 2.33. The van der Waals surface area contributed by atoms with Crippen LogP contribution < -0.4 is 16.4 Å². The summed E-state index contributed by atoms with van der Waals surface area (Å²) in [5.74, 6) is 0.595. The Balaban J connectivity index is 1.43.